The monoisotopic (exact) mass is 815 g/mol. The molecule has 340 valence electrons. The third kappa shape index (κ3) is 33.0. The van der Waals surface area contributed by atoms with Crippen molar-refractivity contribution in [2.24, 2.45) is 0 Å². The van der Waals surface area contributed by atoms with Crippen LogP contribution in [0.4, 0.5) is 0 Å². The van der Waals surface area contributed by atoms with Crippen molar-refractivity contribution in [2.75, 3.05) is 19.6 Å². The van der Waals surface area contributed by atoms with Crippen LogP contribution >= 0.6 is 0 Å². The highest BCUT2D eigenvalue weighted by molar-refractivity contribution is 5.69. The summed E-state index contributed by atoms with van der Waals surface area (Å²) in [7, 11) is 0. The average molecular weight is 815 g/mol. The van der Waals surface area contributed by atoms with Crippen LogP contribution in [-0.2, 0) is 25.6 Å². The normalized spacial score (nSPS) is 12.2. The lowest BCUT2D eigenvalue weighted by Gasteiger charge is -2.23. The van der Waals surface area contributed by atoms with Gasteiger partial charge in [0.15, 0.2) is 0 Å². The molecule has 1 aromatic heterocycles. The SMILES string of the molecule is CCCCCCCCC(CC)OC(=O)CCCCCCCN(CCCCCCCC(=O)OC(CCCCCCCC)CCCCCCCC)CCCn1cccc1C. The van der Waals surface area contributed by atoms with E-state index in [4.69, 9.17) is 9.47 Å². The Morgan fingerprint density at radius 3 is 1.31 bits per heavy atom. The fraction of sp³-hybridized carbons (Fsp3) is 0.885. The van der Waals surface area contributed by atoms with E-state index in [1.54, 1.807) is 0 Å². The molecule has 0 aliphatic carbocycles. The van der Waals surface area contributed by atoms with E-state index in [0.29, 0.717) is 12.8 Å². The number of unbranched alkanes of at least 4 members (excludes halogenated alkanes) is 23. The number of rotatable bonds is 44. The van der Waals surface area contributed by atoms with Gasteiger partial charge in [-0.25, -0.2) is 0 Å². The van der Waals surface area contributed by atoms with Gasteiger partial charge in [-0.3, -0.25) is 9.59 Å². The number of aromatic nitrogens is 1. The van der Waals surface area contributed by atoms with Gasteiger partial charge >= 0.3 is 11.9 Å². The van der Waals surface area contributed by atoms with Gasteiger partial charge in [-0.2, -0.15) is 0 Å². The third-order valence-corrected chi connectivity index (χ3v) is 12.3. The van der Waals surface area contributed by atoms with E-state index >= 15 is 0 Å². The van der Waals surface area contributed by atoms with Crippen molar-refractivity contribution in [3.8, 4) is 0 Å². The molecule has 0 aromatic carbocycles. The molecule has 0 amide bonds. The zero-order chi connectivity index (χ0) is 42.2. The summed E-state index contributed by atoms with van der Waals surface area (Å²) in [5.41, 5.74) is 1.34. The second-order valence-corrected chi connectivity index (χ2v) is 17.9. The molecule has 1 heterocycles. The highest BCUT2D eigenvalue weighted by Crippen LogP contribution is 2.19. The molecule has 6 heteroatoms. The summed E-state index contributed by atoms with van der Waals surface area (Å²) in [5.74, 6) is 0.0445. The second-order valence-electron chi connectivity index (χ2n) is 17.9. The lowest BCUT2D eigenvalue weighted by Crippen LogP contribution is -2.28. The molecular formula is C52H98N2O4. The van der Waals surface area contributed by atoms with E-state index in [-0.39, 0.29) is 24.1 Å². The molecule has 0 saturated heterocycles. The van der Waals surface area contributed by atoms with Gasteiger partial charge in [0.25, 0.3) is 0 Å². The van der Waals surface area contributed by atoms with Crippen LogP contribution in [0.25, 0.3) is 0 Å². The van der Waals surface area contributed by atoms with Gasteiger partial charge in [0.1, 0.15) is 12.2 Å². The number of carbonyl (C=O) groups is 2. The maximum Gasteiger partial charge on any atom is 0.306 e. The van der Waals surface area contributed by atoms with Gasteiger partial charge in [-0.05, 0) is 116 Å². The molecule has 1 aromatic rings. The fourth-order valence-corrected chi connectivity index (χ4v) is 8.38. The van der Waals surface area contributed by atoms with E-state index in [0.717, 1.165) is 77.5 Å². The molecule has 0 aliphatic rings. The van der Waals surface area contributed by atoms with Crippen LogP contribution in [0.1, 0.15) is 258 Å². The third-order valence-electron chi connectivity index (χ3n) is 12.3. The lowest BCUT2D eigenvalue weighted by atomic mass is 10.0. The molecule has 1 atom stereocenters. The molecule has 0 saturated carbocycles. The van der Waals surface area contributed by atoms with Crippen LogP contribution in [0.15, 0.2) is 18.3 Å². The van der Waals surface area contributed by atoms with Crippen LogP contribution in [0.3, 0.4) is 0 Å². The Labute approximate surface area is 361 Å². The topological polar surface area (TPSA) is 60.8 Å². The van der Waals surface area contributed by atoms with E-state index < -0.39 is 0 Å². The summed E-state index contributed by atoms with van der Waals surface area (Å²) in [4.78, 5) is 28.0. The first-order valence-corrected chi connectivity index (χ1v) is 25.7. The summed E-state index contributed by atoms with van der Waals surface area (Å²) >= 11 is 0. The van der Waals surface area contributed by atoms with E-state index in [2.05, 4.69) is 62.4 Å². The van der Waals surface area contributed by atoms with Crippen molar-refractivity contribution < 1.29 is 19.1 Å². The highest BCUT2D eigenvalue weighted by Gasteiger charge is 2.15. The minimum Gasteiger partial charge on any atom is -0.462 e. The minimum absolute atomic E-state index is 0.00751. The van der Waals surface area contributed by atoms with Crippen LogP contribution in [0.5, 0.6) is 0 Å². The Morgan fingerprint density at radius 2 is 0.879 bits per heavy atom. The summed E-state index contributed by atoms with van der Waals surface area (Å²) in [6, 6.07) is 4.34. The van der Waals surface area contributed by atoms with Crippen molar-refractivity contribution in [3.05, 3.63) is 24.0 Å². The number of hydrogen-bond donors (Lipinski definition) is 0. The van der Waals surface area contributed by atoms with Crippen LogP contribution < -0.4 is 0 Å². The van der Waals surface area contributed by atoms with Crippen molar-refractivity contribution in [1.29, 1.82) is 0 Å². The van der Waals surface area contributed by atoms with Gasteiger partial charge in [0.05, 0.1) is 0 Å². The summed E-state index contributed by atoms with van der Waals surface area (Å²) < 4.78 is 14.3. The summed E-state index contributed by atoms with van der Waals surface area (Å²) in [6.07, 6.45) is 43.4. The van der Waals surface area contributed by atoms with Crippen molar-refractivity contribution >= 4 is 11.9 Å². The molecule has 1 rings (SSSR count). The molecule has 0 aliphatic heterocycles. The largest absolute Gasteiger partial charge is 0.462 e. The van der Waals surface area contributed by atoms with Gasteiger partial charge < -0.3 is 18.9 Å². The molecule has 58 heavy (non-hydrogen) atoms. The maximum absolute atomic E-state index is 12.9. The smallest absolute Gasteiger partial charge is 0.306 e. The van der Waals surface area contributed by atoms with Crippen LogP contribution in [0, 0.1) is 6.92 Å². The Kier molecular flexibility index (Phi) is 37.9. The first-order chi connectivity index (χ1) is 28.4. The molecule has 6 nitrogen and oxygen atoms in total. The first kappa shape index (κ1) is 54.2. The predicted molar refractivity (Wildman–Crippen MR) is 250 cm³/mol. The molecule has 1 unspecified atom stereocenters. The zero-order valence-corrected chi connectivity index (χ0v) is 39.5. The van der Waals surface area contributed by atoms with Gasteiger partial charge in [-0.1, -0.05) is 163 Å². The average Bonchev–Trinajstić information content (AvgIpc) is 3.63. The Balaban J connectivity index is 2.33. The molecule has 0 N–H and O–H groups in total. The predicted octanol–water partition coefficient (Wildman–Crippen LogP) is 15.7. The molecular weight excluding hydrogens is 717 g/mol. The van der Waals surface area contributed by atoms with Gasteiger partial charge in [0.2, 0.25) is 0 Å². The lowest BCUT2D eigenvalue weighted by molar-refractivity contribution is -0.150. The number of esters is 2. The quantitative estimate of drug-likeness (QED) is 0.0485. The Hall–Kier alpha value is -1.82. The number of ether oxygens (including phenoxy) is 2. The highest BCUT2D eigenvalue weighted by atomic mass is 16.5. The van der Waals surface area contributed by atoms with Crippen molar-refractivity contribution in [3.63, 3.8) is 0 Å². The minimum atomic E-state index is 0.00751. The maximum atomic E-state index is 12.9. The molecule has 0 bridgehead atoms. The van der Waals surface area contributed by atoms with E-state index in [1.807, 2.05) is 0 Å². The van der Waals surface area contributed by atoms with Crippen LogP contribution in [0.2, 0.25) is 0 Å². The fourth-order valence-electron chi connectivity index (χ4n) is 8.38. The standard InChI is InChI=1S/C52H98N2O4/c1-6-10-13-16-21-28-38-49(9-4)57-51(55)41-31-24-19-26-33-43-53(45-36-47-54-46-35-37-48(54)5)44-34-27-20-25-32-42-52(56)58-50(39-29-22-17-14-11-7-2)40-30-23-18-15-12-8-3/h35,37,46,49-50H,6-34,36,38-45,47H2,1-5H3. The summed E-state index contributed by atoms with van der Waals surface area (Å²) in [6.45, 7) is 15.7. The number of aryl methyl sites for hydroxylation is 2. The van der Waals surface area contributed by atoms with Gasteiger partial charge in [-0.15, -0.1) is 0 Å². The van der Waals surface area contributed by atoms with Gasteiger partial charge in [0, 0.05) is 31.3 Å². The van der Waals surface area contributed by atoms with Crippen LogP contribution in [-0.4, -0.2) is 53.2 Å². The first-order valence-electron chi connectivity index (χ1n) is 25.7. The van der Waals surface area contributed by atoms with E-state index in [9.17, 15) is 9.59 Å². The number of nitrogens with zero attached hydrogens (tertiary/aromatic N) is 2. The second kappa shape index (κ2) is 40.6. The number of hydrogen-bond acceptors (Lipinski definition) is 5. The molecule has 0 radical (unpaired) electrons. The van der Waals surface area contributed by atoms with Crippen molar-refractivity contribution in [1.82, 2.24) is 9.47 Å². The van der Waals surface area contributed by atoms with E-state index in [1.165, 1.54) is 166 Å². The molecule has 0 spiro atoms. The summed E-state index contributed by atoms with van der Waals surface area (Å²) in [5, 5.41) is 0. The number of carbonyl (C=O) groups excluding carboxylic acids is 2. The molecule has 0 fully saturated rings. The van der Waals surface area contributed by atoms with Crippen molar-refractivity contribution in [2.45, 2.75) is 278 Å². The Morgan fingerprint density at radius 1 is 0.500 bits per heavy atom. The zero-order valence-electron chi connectivity index (χ0n) is 39.5. The Bertz CT molecular complexity index is 1020.